The van der Waals surface area contributed by atoms with Crippen molar-refractivity contribution in [1.82, 2.24) is 9.72 Å². The van der Waals surface area contributed by atoms with Gasteiger partial charge in [0, 0.05) is 5.56 Å². The Morgan fingerprint density at radius 2 is 1.67 bits per heavy atom. The summed E-state index contributed by atoms with van der Waals surface area (Å²) in [5, 5.41) is 3.93. The maximum atomic E-state index is 12.0. The first kappa shape index (κ1) is 16.1. The van der Waals surface area contributed by atoms with Crippen LogP contribution in [0.15, 0.2) is 51.8 Å². The fourth-order valence-corrected chi connectivity index (χ4v) is 2.75. The van der Waals surface area contributed by atoms with Crippen LogP contribution in [0.3, 0.4) is 0 Å². The van der Waals surface area contributed by atoms with E-state index in [2.05, 4.69) is 5.16 Å². The molecule has 0 radical (unpaired) electrons. The van der Waals surface area contributed by atoms with Crippen LogP contribution in [0.5, 0.6) is 5.75 Å². The van der Waals surface area contributed by atoms with Crippen molar-refractivity contribution in [3.63, 3.8) is 0 Å². The Labute approximate surface area is 140 Å². The van der Waals surface area contributed by atoms with Crippen molar-refractivity contribution in [3.8, 4) is 17.1 Å². The molecule has 0 fully saturated rings. The van der Waals surface area contributed by atoms with E-state index in [4.69, 9.17) is 9.26 Å². The molecule has 5 heteroatoms. The van der Waals surface area contributed by atoms with Gasteiger partial charge in [0.15, 0.2) is 5.82 Å². The van der Waals surface area contributed by atoms with Gasteiger partial charge < -0.3 is 4.74 Å². The average molecular weight is 324 g/mol. The molecule has 0 atom stereocenters. The summed E-state index contributed by atoms with van der Waals surface area (Å²) in [4.78, 5) is 12.0. The monoisotopic (exact) mass is 324 g/mol. The summed E-state index contributed by atoms with van der Waals surface area (Å²) < 4.78 is 12.3. The van der Waals surface area contributed by atoms with Crippen LogP contribution >= 0.6 is 0 Å². The van der Waals surface area contributed by atoms with E-state index in [1.165, 1.54) is 4.57 Å². The molecule has 0 N–H and O–H groups in total. The predicted octanol–water partition coefficient (Wildman–Crippen LogP) is 3.51. The second kappa shape index (κ2) is 6.74. The quantitative estimate of drug-likeness (QED) is 0.720. The second-order valence-corrected chi connectivity index (χ2v) is 5.81. The molecule has 0 amide bonds. The lowest BCUT2D eigenvalue weighted by molar-refractivity contribution is 0.287. The highest BCUT2D eigenvalue weighted by atomic mass is 16.5. The van der Waals surface area contributed by atoms with Crippen LogP contribution in [0.4, 0.5) is 0 Å². The van der Waals surface area contributed by atoms with E-state index in [1.54, 1.807) is 0 Å². The fraction of sp³-hybridized carbons (Fsp3) is 0.263. The number of aryl methyl sites for hydroxylation is 3. The standard InChI is InChI=1S/C19H20N2O3/c1-13-7-4-5-10-16(13)18-20-24-19(22)21(18)11-12-23-17-14(2)8-6-9-15(17)3/h4-10H,11-12H2,1-3H3. The first-order valence-electron chi connectivity index (χ1n) is 7.89. The van der Waals surface area contributed by atoms with Crippen LogP contribution in [0.1, 0.15) is 16.7 Å². The van der Waals surface area contributed by atoms with Crippen LogP contribution in [-0.2, 0) is 6.54 Å². The van der Waals surface area contributed by atoms with Gasteiger partial charge in [-0.2, -0.15) is 0 Å². The molecule has 124 valence electrons. The Hall–Kier alpha value is -2.82. The molecule has 0 aliphatic heterocycles. The molecule has 0 saturated heterocycles. The largest absolute Gasteiger partial charge is 0.491 e. The third-order valence-corrected chi connectivity index (χ3v) is 4.04. The van der Waals surface area contributed by atoms with Gasteiger partial charge in [-0.3, -0.25) is 9.09 Å². The second-order valence-electron chi connectivity index (χ2n) is 5.81. The maximum absolute atomic E-state index is 12.0. The molecule has 1 heterocycles. The van der Waals surface area contributed by atoms with Gasteiger partial charge in [-0.25, -0.2) is 4.79 Å². The van der Waals surface area contributed by atoms with Crippen LogP contribution in [0, 0.1) is 20.8 Å². The Balaban J connectivity index is 1.81. The normalized spacial score (nSPS) is 10.8. The van der Waals surface area contributed by atoms with E-state index in [0.717, 1.165) is 28.0 Å². The van der Waals surface area contributed by atoms with Crippen molar-refractivity contribution in [2.45, 2.75) is 27.3 Å². The third-order valence-electron chi connectivity index (χ3n) is 4.04. The molecule has 0 aliphatic carbocycles. The molecule has 0 spiro atoms. The molecule has 2 aromatic carbocycles. The van der Waals surface area contributed by atoms with E-state index in [1.807, 2.05) is 63.2 Å². The molecule has 1 aromatic heterocycles. The highest BCUT2D eigenvalue weighted by molar-refractivity contribution is 5.59. The first-order valence-corrected chi connectivity index (χ1v) is 7.89. The SMILES string of the molecule is Cc1ccccc1-c1noc(=O)n1CCOc1c(C)cccc1C. The maximum Gasteiger partial charge on any atom is 0.441 e. The van der Waals surface area contributed by atoms with Gasteiger partial charge in [-0.1, -0.05) is 47.6 Å². The van der Waals surface area contributed by atoms with Crippen molar-refractivity contribution < 1.29 is 9.26 Å². The van der Waals surface area contributed by atoms with E-state index in [0.29, 0.717) is 19.0 Å². The lowest BCUT2D eigenvalue weighted by atomic mass is 10.1. The highest BCUT2D eigenvalue weighted by Crippen LogP contribution is 2.23. The van der Waals surface area contributed by atoms with Gasteiger partial charge in [0.2, 0.25) is 0 Å². The van der Waals surface area contributed by atoms with E-state index in [9.17, 15) is 4.79 Å². The molecule has 0 bridgehead atoms. The van der Waals surface area contributed by atoms with Crippen molar-refractivity contribution in [1.29, 1.82) is 0 Å². The average Bonchev–Trinajstić information content (AvgIpc) is 2.92. The predicted molar refractivity (Wildman–Crippen MR) is 92.3 cm³/mol. The number of hydrogen-bond acceptors (Lipinski definition) is 4. The van der Waals surface area contributed by atoms with Gasteiger partial charge in [-0.05, 0) is 37.5 Å². The number of nitrogens with zero attached hydrogens (tertiary/aromatic N) is 2. The first-order chi connectivity index (χ1) is 11.6. The van der Waals surface area contributed by atoms with E-state index < -0.39 is 5.76 Å². The van der Waals surface area contributed by atoms with Crippen molar-refractivity contribution in [2.24, 2.45) is 0 Å². The molecule has 0 aliphatic rings. The minimum Gasteiger partial charge on any atom is -0.491 e. The minimum atomic E-state index is -0.474. The number of aromatic nitrogens is 2. The summed E-state index contributed by atoms with van der Waals surface area (Å²) in [5.41, 5.74) is 4.07. The third kappa shape index (κ3) is 3.11. The zero-order chi connectivity index (χ0) is 17.1. The lowest BCUT2D eigenvalue weighted by Gasteiger charge is -2.12. The summed E-state index contributed by atoms with van der Waals surface area (Å²) in [6, 6.07) is 13.8. The Morgan fingerprint density at radius 3 is 2.38 bits per heavy atom. The van der Waals surface area contributed by atoms with Gasteiger partial charge >= 0.3 is 5.76 Å². The zero-order valence-corrected chi connectivity index (χ0v) is 14.1. The summed E-state index contributed by atoms with van der Waals surface area (Å²) >= 11 is 0. The minimum absolute atomic E-state index is 0.367. The highest BCUT2D eigenvalue weighted by Gasteiger charge is 2.14. The molecular formula is C19H20N2O3. The number of ether oxygens (including phenoxy) is 1. The van der Waals surface area contributed by atoms with Crippen LogP contribution < -0.4 is 10.5 Å². The summed E-state index contributed by atoms with van der Waals surface area (Å²) in [5.74, 6) is 0.918. The molecule has 3 rings (SSSR count). The summed E-state index contributed by atoms with van der Waals surface area (Å²) in [7, 11) is 0. The van der Waals surface area contributed by atoms with Gasteiger partial charge in [0.05, 0.1) is 6.54 Å². The summed E-state index contributed by atoms with van der Waals surface area (Å²) in [6.07, 6.45) is 0. The lowest BCUT2D eigenvalue weighted by Crippen LogP contribution is -2.20. The molecule has 24 heavy (non-hydrogen) atoms. The fourth-order valence-electron chi connectivity index (χ4n) is 2.75. The van der Waals surface area contributed by atoms with Crippen LogP contribution in [-0.4, -0.2) is 16.3 Å². The zero-order valence-electron chi connectivity index (χ0n) is 14.1. The summed E-state index contributed by atoms with van der Waals surface area (Å²) in [6.45, 7) is 6.73. The Bertz CT molecular complexity index is 889. The van der Waals surface area contributed by atoms with Gasteiger partial charge in [-0.15, -0.1) is 0 Å². The van der Waals surface area contributed by atoms with E-state index in [-0.39, 0.29) is 0 Å². The molecular weight excluding hydrogens is 304 g/mol. The van der Waals surface area contributed by atoms with Crippen molar-refractivity contribution in [2.75, 3.05) is 6.61 Å². The smallest absolute Gasteiger partial charge is 0.441 e. The molecule has 0 unspecified atom stereocenters. The molecule has 5 nitrogen and oxygen atoms in total. The van der Waals surface area contributed by atoms with Crippen molar-refractivity contribution >= 4 is 0 Å². The molecule has 3 aromatic rings. The van der Waals surface area contributed by atoms with E-state index >= 15 is 0 Å². The van der Waals surface area contributed by atoms with Gasteiger partial charge in [0.1, 0.15) is 12.4 Å². The van der Waals surface area contributed by atoms with Crippen molar-refractivity contribution in [3.05, 3.63) is 69.7 Å². The number of para-hydroxylation sites is 1. The molecule has 0 saturated carbocycles. The van der Waals surface area contributed by atoms with Crippen LogP contribution in [0.25, 0.3) is 11.4 Å². The van der Waals surface area contributed by atoms with Crippen LogP contribution in [0.2, 0.25) is 0 Å². The van der Waals surface area contributed by atoms with Gasteiger partial charge in [0.25, 0.3) is 0 Å². The number of benzene rings is 2. The number of hydrogen-bond donors (Lipinski definition) is 0. The topological polar surface area (TPSA) is 57.3 Å². The number of rotatable bonds is 5. The Morgan fingerprint density at radius 1 is 1.00 bits per heavy atom. The Kier molecular flexibility index (Phi) is 4.51.